The number of anilines is 1. The van der Waals surface area contributed by atoms with Gasteiger partial charge in [0, 0.05) is 5.69 Å². The lowest BCUT2D eigenvalue weighted by Crippen LogP contribution is -2.07. The average Bonchev–Trinajstić information content (AvgIpc) is 2.61. The number of aryl methyl sites for hydroxylation is 1. The summed E-state index contributed by atoms with van der Waals surface area (Å²) in [5, 5.41) is 3.49. The average molecular weight is 242 g/mol. The van der Waals surface area contributed by atoms with Gasteiger partial charge in [-0.2, -0.15) is 18.3 Å². The van der Waals surface area contributed by atoms with E-state index in [2.05, 4.69) is 10.1 Å². The summed E-state index contributed by atoms with van der Waals surface area (Å²) in [7, 11) is 0. The van der Waals surface area contributed by atoms with E-state index in [1.807, 2.05) is 0 Å². The Kier molecular flexibility index (Phi) is 2.53. The van der Waals surface area contributed by atoms with Gasteiger partial charge in [-0.25, -0.2) is 9.67 Å². The standard InChI is InChI=1S/C10H9F3N4/c1-6-4-8(10(11,12)13)16-17(6)7-2-3-9(14)15-5-7/h2-5H,1H3,(H2,14,15). The first-order valence-corrected chi connectivity index (χ1v) is 4.73. The second-order valence-corrected chi connectivity index (χ2v) is 3.52. The van der Waals surface area contributed by atoms with Gasteiger partial charge in [-0.3, -0.25) is 0 Å². The number of halogens is 3. The van der Waals surface area contributed by atoms with Gasteiger partial charge in [-0.15, -0.1) is 0 Å². The maximum Gasteiger partial charge on any atom is 0.435 e. The van der Waals surface area contributed by atoms with Gasteiger partial charge in [0.1, 0.15) is 5.82 Å². The predicted octanol–water partition coefficient (Wildman–Crippen LogP) is 2.18. The largest absolute Gasteiger partial charge is 0.435 e. The van der Waals surface area contributed by atoms with Crippen molar-refractivity contribution in [3.8, 4) is 5.69 Å². The Balaban J connectivity index is 2.46. The smallest absolute Gasteiger partial charge is 0.384 e. The van der Waals surface area contributed by atoms with Crippen LogP contribution in [0.15, 0.2) is 24.4 Å². The number of hydrogen-bond acceptors (Lipinski definition) is 3. The molecule has 2 aromatic heterocycles. The normalized spacial score (nSPS) is 11.8. The first kappa shape index (κ1) is 11.4. The van der Waals surface area contributed by atoms with Crippen LogP contribution in [0, 0.1) is 6.92 Å². The van der Waals surface area contributed by atoms with Gasteiger partial charge in [0.2, 0.25) is 0 Å². The molecule has 0 amide bonds. The van der Waals surface area contributed by atoms with E-state index in [9.17, 15) is 13.2 Å². The summed E-state index contributed by atoms with van der Waals surface area (Å²) in [4.78, 5) is 3.80. The zero-order chi connectivity index (χ0) is 12.6. The summed E-state index contributed by atoms with van der Waals surface area (Å²) < 4.78 is 38.5. The Hall–Kier alpha value is -2.05. The highest BCUT2D eigenvalue weighted by Crippen LogP contribution is 2.29. The maximum atomic E-state index is 12.4. The van der Waals surface area contributed by atoms with Crippen LogP contribution in [0.25, 0.3) is 5.69 Å². The topological polar surface area (TPSA) is 56.7 Å². The number of hydrogen-bond donors (Lipinski definition) is 1. The molecule has 2 aromatic rings. The van der Waals surface area contributed by atoms with Crippen molar-refractivity contribution < 1.29 is 13.2 Å². The van der Waals surface area contributed by atoms with Crippen molar-refractivity contribution in [2.75, 3.05) is 5.73 Å². The maximum absolute atomic E-state index is 12.4. The molecule has 0 atom stereocenters. The van der Waals surface area contributed by atoms with E-state index in [1.54, 1.807) is 13.0 Å². The molecule has 90 valence electrons. The molecular formula is C10H9F3N4. The summed E-state index contributed by atoms with van der Waals surface area (Å²) in [5.41, 5.74) is 5.29. The number of nitrogen functional groups attached to an aromatic ring is 1. The molecule has 0 spiro atoms. The second-order valence-electron chi connectivity index (χ2n) is 3.52. The van der Waals surface area contributed by atoms with Crippen molar-refractivity contribution in [2.45, 2.75) is 13.1 Å². The van der Waals surface area contributed by atoms with E-state index < -0.39 is 11.9 Å². The monoisotopic (exact) mass is 242 g/mol. The lowest BCUT2D eigenvalue weighted by Gasteiger charge is -2.04. The number of pyridine rings is 1. The van der Waals surface area contributed by atoms with Crippen LogP contribution in [0.2, 0.25) is 0 Å². The number of alkyl halides is 3. The Morgan fingerprint density at radius 3 is 2.47 bits per heavy atom. The van der Waals surface area contributed by atoms with Crippen LogP contribution in [0.3, 0.4) is 0 Å². The molecule has 2 heterocycles. The number of rotatable bonds is 1. The number of nitrogens with two attached hydrogens (primary N) is 1. The van der Waals surface area contributed by atoms with Crippen LogP contribution in [-0.4, -0.2) is 14.8 Å². The van der Waals surface area contributed by atoms with Gasteiger partial charge in [0.15, 0.2) is 5.69 Å². The van der Waals surface area contributed by atoms with Gasteiger partial charge in [-0.05, 0) is 25.1 Å². The Bertz CT molecular complexity index is 527. The highest BCUT2D eigenvalue weighted by atomic mass is 19.4. The Morgan fingerprint density at radius 2 is 2.00 bits per heavy atom. The van der Waals surface area contributed by atoms with E-state index in [4.69, 9.17) is 5.73 Å². The fourth-order valence-electron chi connectivity index (χ4n) is 1.40. The molecule has 0 unspecified atom stereocenters. The van der Waals surface area contributed by atoms with Gasteiger partial charge in [0.25, 0.3) is 0 Å². The quantitative estimate of drug-likeness (QED) is 0.833. The molecule has 0 aliphatic carbocycles. The molecule has 0 aliphatic heterocycles. The van der Waals surface area contributed by atoms with Crippen LogP contribution >= 0.6 is 0 Å². The van der Waals surface area contributed by atoms with Crippen molar-refractivity contribution in [3.05, 3.63) is 35.8 Å². The van der Waals surface area contributed by atoms with E-state index in [0.29, 0.717) is 17.2 Å². The first-order valence-electron chi connectivity index (χ1n) is 4.73. The van der Waals surface area contributed by atoms with Crippen LogP contribution < -0.4 is 5.73 Å². The fraction of sp³-hybridized carbons (Fsp3) is 0.200. The van der Waals surface area contributed by atoms with Crippen LogP contribution in [0.1, 0.15) is 11.4 Å². The lowest BCUT2D eigenvalue weighted by atomic mass is 10.3. The molecule has 0 radical (unpaired) electrons. The zero-order valence-electron chi connectivity index (χ0n) is 8.86. The minimum atomic E-state index is -4.45. The third-order valence-electron chi connectivity index (χ3n) is 2.19. The molecule has 0 saturated carbocycles. The van der Waals surface area contributed by atoms with E-state index in [-0.39, 0.29) is 0 Å². The summed E-state index contributed by atoms with van der Waals surface area (Å²) in [6, 6.07) is 4.04. The van der Waals surface area contributed by atoms with Gasteiger partial charge in [0.05, 0.1) is 11.9 Å². The highest BCUT2D eigenvalue weighted by Gasteiger charge is 2.34. The van der Waals surface area contributed by atoms with E-state index in [0.717, 1.165) is 6.07 Å². The molecule has 17 heavy (non-hydrogen) atoms. The fourth-order valence-corrected chi connectivity index (χ4v) is 1.40. The van der Waals surface area contributed by atoms with Crippen molar-refractivity contribution in [2.24, 2.45) is 0 Å². The summed E-state index contributed by atoms with van der Waals surface area (Å²) >= 11 is 0. The molecule has 7 heteroatoms. The SMILES string of the molecule is Cc1cc(C(F)(F)F)nn1-c1ccc(N)nc1. The molecule has 0 bridgehead atoms. The first-order chi connectivity index (χ1) is 7.88. The van der Waals surface area contributed by atoms with Gasteiger partial charge < -0.3 is 5.73 Å². The highest BCUT2D eigenvalue weighted by molar-refractivity contribution is 5.38. The molecule has 0 fully saturated rings. The predicted molar refractivity (Wildman–Crippen MR) is 55.5 cm³/mol. The minimum Gasteiger partial charge on any atom is -0.384 e. The molecule has 2 rings (SSSR count). The molecule has 0 aliphatic rings. The summed E-state index contributed by atoms with van der Waals surface area (Å²) in [5.74, 6) is 0.301. The molecule has 0 saturated heterocycles. The third-order valence-corrected chi connectivity index (χ3v) is 2.19. The van der Waals surface area contributed by atoms with Crippen molar-refractivity contribution >= 4 is 5.82 Å². The van der Waals surface area contributed by atoms with Crippen LogP contribution in [0.5, 0.6) is 0 Å². The third kappa shape index (κ3) is 2.22. The van der Waals surface area contributed by atoms with Gasteiger partial charge in [-0.1, -0.05) is 0 Å². The zero-order valence-corrected chi connectivity index (χ0v) is 8.86. The minimum absolute atomic E-state index is 0.301. The summed E-state index contributed by atoms with van der Waals surface area (Å²) in [6.45, 7) is 1.54. The molecule has 2 N–H and O–H groups in total. The van der Waals surface area contributed by atoms with Crippen LogP contribution in [0.4, 0.5) is 19.0 Å². The van der Waals surface area contributed by atoms with Crippen LogP contribution in [-0.2, 0) is 6.18 Å². The molecular weight excluding hydrogens is 233 g/mol. The molecule has 4 nitrogen and oxygen atoms in total. The Morgan fingerprint density at radius 1 is 1.29 bits per heavy atom. The Labute approximate surface area is 94.9 Å². The van der Waals surface area contributed by atoms with Crippen molar-refractivity contribution in [1.82, 2.24) is 14.8 Å². The van der Waals surface area contributed by atoms with Crippen molar-refractivity contribution in [1.29, 1.82) is 0 Å². The second kappa shape index (κ2) is 3.76. The summed E-state index contributed by atoms with van der Waals surface area (Å²) in [6.07, 6.45) is -3.08. The molecule has 0 aromatic carbocycles. The number of nitrogens with zero attached hydrogens (tertiary/aromatic N) is 3. The van der Waals surface area contributed by atoms with Crippen molar-refractivity contribution in [3.63, 3.8) is 0 Å². The van der Waals surface area contributed by atoms with E-state index >= 15 is 0 Å². The van der Waals surface area contributed by atoms with Gasteiger partial charge >= 0.3 is 6.18 Å². The van der Waals surface area contributed by atoms with E-state index in [1.165, 1.54) is 16.9 Å². The number of aromatic nitrogens is 3. The lowest BCUT2D eigenvalue weighted by molar-refractivity contribution is -0.141.